The van der Waals surface area contributed by atoms with Crippen molar-refractivity contribution >= 4 is 0 Å². The molecule has 0 heterocycles. The predicted molar refractivity (Wildman–Crippen MR) is 112 cm³/mol. The summed E-state index contributed by atoms with van der Waals surface area (Å²) in [5.41, 5.74) is 5.75. The van der Waals surface area contributed by atoms with Crippen LogP contribution in [0, 0.1) is 0 Å². The third-order valence-electron chi connectivity index (χ3n) is 5.65. The van der Waals surface area contributed by atoms with Gasteiger partial charge in [-0.1, -0.05) is 0 Å². The minimum atomic E-state index is 0.0626. The fourth-order valence-electron chi connectivity index (χ4n) is 4.05. The molecule has 0 saturated heterocycles. The highest BCUT2D eigenvalue weighted by Gasteiger charge is 2.21. The van der Waals surface area contributed by atoms with Crippen molar-refractivity contribution in [1.82, 2.24) is 0 Å². The van der Waals surface area contributed by atoms with Crippen molar-refractivity contribution in [3.63, 3.8) is 0 Å². The van der Waals surface area contributed by atoms with Crippen molar-refractivity contribution in [2.75, 3.05) is 21.3 Å². The highest BCUT2D eigenvalue weighted by molar-refractivity contribution is 5.57. The molecule has 3 aromatic carbocycles. The molecule has 1 aliphatic rings. The Labute approximate surface area is 174 Å². The van der Waals surface area contributed by atoms with Gasteiger partial charge in [0.05, 0.1) is 21.3 Å². The van der Waals surface area contributed by atoms with Crippen LogP contribution in [0.5, 0.6) is 34.5 Å². The Hall–Kier alpha value is -3.54. The van der Waals surface area contributed by atoms with Gasteiger partial charge in [0.15, 0.2) is 34.5 Å². The number of rotatable bonds is 3. The molecule has 0 amide bonds. The minimum absolute atomic E-state index is 0.0626. The lowest BCUT2D eigenvalue weighted by Gasteiger charge is -2.15. The van der Waals surface area contributed by atoms with Crippen LogP contribution in [-0.4, -0.2) is 36.6 Å². The number of methoxy groups -OCH3 is 3. The van der Waals surface area contributed by atoms with Crippen molar-refractivity contribution in [2.45, 2.75) is 19.3 Å². The quantitative estimate of drug-likeness (QED) is 0.476. The standard InChI is InChI=1S/C24H24O6/c1-28-22-10-16-5-15-9-21(27)24(30-3)12-18(15)6-17-11-23(29-2)20(26)8-14(17)4-13(16)7-19(22)25/h7-12,25-27H,4-6H2,1-3H3. The molecule has 3 N–H and O–H groups in total. The molecule has 0 saturated carbocycles. The van der Waals surface area contributed by atoms with Crippen LogP contribution in [0.4, 0.5) is 0 Å². The number of hydrogen-bond donors (Lipinski definition) is 3. The SMILES string of the molecule is COc1cc2c(cc1O)Cc1cc(O)c(OC)cc1Cc1cc(OC)c(O)cc1C2. The molecule has 6 nitrogen and oxygen atoms in total. The average molecular weight is 408 g/mol. The summed E-state index contributed by atoms with van der Waals surface area (Å²) in [6.07, 6.45) is 1.65. The van der Waals surface area contributed by atoms with Gasteiger partial charge in [-0.25, -0.2) is 0 Å². The molecule has 30 heavy (non-hydrogen) atoms. The van der Waals surface area contributed by atoms with Gasteiger partial charge in [0, 0.05) is 0 Å². The summed E-state index contributed by atoms with van der Waals surface area (Å²) in [5, 5.41) is 31.1. The zero-order chi connectivity index (χ0) is 21.4. The Morgan fingerprint density at radius 1 is 0.467 bits per heavy atom. The number of hydrogen-bond acceptors (Lipinski definition) is 6. The topological polar surface area (TPSA) is 88.4 Å². The van der Waals surface area contributed by atoms with Gasteiger partial charge < -0.3 is 29.5 Å². The van der Waals surface area contributed by atoms with Crippen molar-refractivity contribution in [2.24, 2.45) is 0 Å². The van der Waals surface area contributed by atoms with E-state index in [1.165, 1.54) is 21.3 Å². The number of phenols is 3. The van der Waals surface area contributed by atoms with E-state index in [2.05, 4.69) is 0 Å². The van der Waals surface area contributed by atoms with Crippen LogP contribution < -0.4 is 14.2 Å². The molecule has 0 bridgehead atoms. The number of phenolic OH excluding ortho intramolecular Hbond substituents is 3. The van der Waals surface area contributed by atoms with Gasteiger partial charge in [0.25, 0.3) is 0 Å². The van der Waals surface area contributed by atoms with Gasteiger partial charge in [-0.3, -0.25) is 0 Å². The predicted octanol–water partition coefficient (Wildman–Crippen LogP) is 3.92. The molecule has 156 valence electrons. The van der Waals surface area contributed by atoms with E-state index in [0.717, 1.165) is 33.4 Å². The Morgan fingerprint density at radius 2 is 0.700 bits per heavy atom. The molecule has 4 rings (SSSR count). The molecule has 6 heteroatoms. The molecule has 1 aliphatic carbocycles. The fourth-order valence-corrected chi connectivity index (χ4v) is 4.05. The van der Waals surface area contributed by atoms with Gasteiger partial charge in [-0.05, 0) is 89.0 Å². The summed E-state index contributed by atoms with van der Waals surface area (Å²) in [7, 11) is 4.56. The molecule has 0 aromatic heterocycles. The molecule has 0 aliphatic heterocycles. The normalized spacial score (nSPS) is 12.5. The second-order valence-electron chi connectivity index (χ2n) is 7.41. The van der Waals surface area contributed by atoms with Crippen LogP contribution in [0.15, 0.2) is 36.4 Å². The zero-order valence-corrected chi connectivity index (χ0v) is 17.2. The molecule has 0 fully saturated rings. The van der Waals surface area contributed by atoms with E-state index in [4.69, 9.17) is 14.2 Å². The summed E-state index contributed by atoms with van der Waals surface area (Å²) < 4.78 is 15.9. The van der Waals surface area contributed by atoms with Gasteiger partial charge in [-0.15, -0.1) is 0 Å². The van der Waals surface area contributed by atoms with Gasteiger partial charge >= 0.3 is 0 Å². The van der Waals surface area contributed by atoms with Crippen LogP contribution in [0.2, 0.25) is 0 Å². The van der Waals surface area contributed by atoms with Gasteiger partial charge in [0.1, 0.15) is 0 Å². The first-order chi connectivity index (χ1) is 14.4. The number of aromatic hydroxyl groups is 3. The Morgan fingerprint density at radius 3 is 0.933 bits per heavy atom. The maximum atomic E-state index is 10.4. The maximum Gasteiger partial charge on any atom is 0.160 e. The first-order valence-corrected chi connectivity index (χ1v) is 9.59. The lowest BCUT2D eigenvalue weighted by molar-refractivity contribution is 0.372. The third kappa shape index (κ3) is 3.45. The summed E-state index contributed by atoms with van der Waals surface area (Å²) in [6.45, 7) is 0. The summed E-state index contributed by atoms with van der Waals surface area (Å²) in [6, 6.07) is 10.6. The van der Waals surface area contributed by atoms with E-state index in [1.54, 1.807) is 18.2 Å². The van der Waals surface area contributed by atoms with Crippen LogP contribution in [-0.2, 0) is 19.3 Å². The van der Waals surface area contributed by atoms with Crippen LogP contribution in [0.1, 0.15) is 33.4 Å². The molecule has 0 atom stereocenters. The van der Waals surface area contributed by atoms with Crippen LogP contribution >= 0.6 is 0 Å². The Bertz CT molecular complexity index is 1120. The molecule has 0 radical (unpaired) electrons. The third-order valence-corrected chi connectivity index (χ3v) is 5.65. The lowest BCUT2D eigenvalue weighted by atomic mass is 9.94. The van der Waals surface area contributed by atoms with Crippen molar-refractivity contribution in [1.29, 1.82) is 0 Å². The molecule has 0 unspecified atom stereocenters. The molecular formula is C24H24O6. The highest BCUT2D eigenvalue weighted by atomic mass is 16.5. The van der Waals surface area contributed by atoms with Crippen molar-refractivity contribution < 1.29 is 29.5 Å². The van der Waals surface area contributed by atoms with E-state index < -0.39 is 0 Å². The van der Waals surface area contributed by atoms with E-state index in [0.29, 0.717) is 36.5 Å². The summed E-state index contributed by atoms with van der Waals surface area (Å²) in [5.74, 6) is 1.41. The summed E-state index contributed by atoms with van der Waals surface area (Å²) >= 11 is 0. The van der Waals surface area contributed by atoms with Gasteiger partial charge in [0.2, 0.25) is 0 Å². The lowest BCUT2D eigenvalue weighted by Crippen LogP contribution is -2.00. The zero-order valence-electron chi connectivity index (χ0n) is 17.2. The minimum Gasteiger partial charge on any atom is -0.504 e. The second kappa shape index (κ2) is 7.71. The molecule has 0 spiro atoms. The average Bonchev–Trinajstić information content (AvgIpc) is 2.77. The van der Waals surface area contributed by atoms with Crippen LogP contribution in [0.25, 0.3) is 0 Å². The van der Waals surface area contributed by atoms with E-state index >= 15 is 0 Å². The summed E-state index contributed by atoms with van der Waals surface area (Å²) in [4.78, 5) is 0. The largest absolute Gasteiger partial charge is 0.504 e. The van der Waals surface area contributed by atoms with Gasteiger partial charge in [-0.2, -0.15) is 0 Å². The number of ether oxygens (including phenoxy) is 3. The van der Waals surface area contributed by atoms with Crippen LogP contribution in [0.3, 0.4) is 0 Å². The van der Waals surface area contributed by atoms with E-state index in [-0.39, 0.29) is 17.2 Å². The molecule has 3 aromatic rings. The maximum absolute atomic E-state index is 10.4. The number of fused-ring (bicyclic) bond motifs is 3. The Balaban J connectivity index is 1.98. The fraction of sp³-hybridized carbons (Fsp3) is 0.250. The van der Waals surface area contributed by atoms with E-state index in [9.17, 15) is 15.3 Å². The highest BCUT2D eigenvalue weighted by Crippen LogP contribution is 2.39. The van der Waals surface area contributed by atoms with E-state index in [1.807, 2.05) is 18.2 Å². The second-order valence-corrected chi connectivity index (χ2v) is 7.41. The van der Waals surface area contributed by atoms with Crippen molar-refractivity contribution in [3.05, 3.63) is 69.8 Å². The Kier molecular flexibility index (Phi) is 5.08. The first-order valence-electron chi connectivity index (χ1n) is 9.59. The number of benzene rings is 3. The monoisotopic (exact) mass is 408 g/mol. The van der Waals surface area contributed by atoms with Crippen molar-refractivity contribution in [3.8, 4) is 34.5 Å². The molecular weight excluding hydrogens is 384 g/mol. The first kappa shape index (κ1) is 19.8. The smallest absolute Gasteiger partial charge is 0.160 e.